The van der Waals surface area contributed by atoms with E-state index in [0.29, 0.717) is 5.88 Å². The molecule has 0 aliphatic carbocycles. The molecule has 0 radical (unpaired) electrons. The molecule has 0 aromatic rings. The van der Waals surface area contributed by atoms with Gasteiger partial charge in [0, 0.05) is 12.5 Å². The zero-order chi connectivity index (χ0) is 4.83. The molecule has 0 aliphatic heterocycles. The zero-order valence-corrected chi connectivity index (χ0v) is 4.41. The second-order valence-electron chi connectivity index (χ2n) is 1.12. The Labute approximate surface area is 65.2 Å². The Hall–Kier alpha value is 1.02. The smallest absolute Gasteiger partial charge is 0.316 e. The summed E-state index contributed by atoms with van der Waals surface area (Å²) in [5.41, 5.74) is 0. The number of aliphatic hydroxyl groups is 1. The molecular formula is C4H11ClMgO. The number of unbranched alkanes of at least 4 members (excludes halogenated alkanes) is 1. The van der Waals surface area contributed by atoms with E-state index >= 15 is 0 Å². The summed E-state index contributed by atoms with van der Waals surface area (Å²) in [4.78, 5) is 0. The molecule has 0 fully saturated rings. The topological polar surface area (TPSA) is 20.2 Å². The summed E-state index contributed by atoms with van der Waals surface area (Å²) in [5.74, 6) is 0.667. The molecule has 0 rings (SSSR count). The van der Waals surface area contributed by atoms with Crippen LogP contribution in [0, 0.1) is 0 Å². The molecule has 0 saturated carbocycles. The highest BCUT2D eigenvalue weighted by Crippen LogP contribution is 1.87. The summed E-state index contributed by atoms with van der Waals surface area (Å²) in [7, 11) is 0. The Bertz CT molecular complexity index is 23.7. The Balaban J connectivity index is 0. The van der Waals surface area contributed by atoms with Crippen molar-refractivity contribution in [1.82, 2.24) is 0 Å². The van der Waals surface area contributed by atoms with Gasteiger partial charge in [-0.15, -0.1) is 11.6 Å². The Morgan fingerprint density at radius 1 is 1.29 bits per heavy atom. The van der Waals surface area contributed by atoms with Gasteiger partial charge in [0.05, 0.1) is 0 Å². The highest BCUT2D eigenvalue weighted by Gasteiger charge is 1.77. The van der Waals surface area contributed by atoms with Crippen molar-refractivity contribution < 1.29 is 5.11 Å². The first-order chi connectivity index (χ1) is 2.91. The number of alkyl halides is 1. The average Bonchev–Trinajstić information content (AvgIpc) is 1.61. The average molecular weight is 135 g/mol. The predicted molar refractivity (Wildman–Crippen MR) is 35.6 cm³/mol. The van der Waals surface area contributed by atoms with Gasteiger partial charge in [0.15, 0.2) is 0 Å². The molecular weight excluding hydrogens is 124 g/mol. The van der Waals surface area contributed by atoms with E-state index in [1.807, 2.05) is 0 Å². The molecule has 0 aliphatic rings. The quantitative estimate of drug-likeness (QED) is 0.330. The second kappa shape index (κ2) is 10.1. The molecule has 7 heavy (non-hydrogen) atoms. The van der Waals surface area contributed by atoms with Gasteiger partial charge in [0.2, 0.25) is 0 Å². The molecule has 0 unspecified atom stereocenters. The minimum absolute atomic E-state index is 0. The maximum Gasteiger partial charge on any atom is 0.316 e. The molecule has 3 heteroatoms. The summed E-state index contributed by atoms with van der Waals surface area (Å²) in [5, 5.41) is 8.14. The zero-order valence-electron chi connectivity index (χ0n) is 3.65. The lowest BCUT2D eigenvalue weighted by Gasteiger charge is -1.84. The third kappa shape index (κ3) is 10.9. The van der Waals surface area contributed by atoms with E-state index in [4.69, 9.17) is 16.7 Å². The minimum atomic E-state index is 0. The number of hydrogen-bond acceptors (Lipinski definition) is 1. The lowest BCUT2D eigenvalue weighted by molar-refractivity contribution is 0.287. The summed E-state index contributed by atoms with van der Waals surface area (Å²) in [6.45, 7) is 0.271. The molecule has 0 heterocycles. The Morgan fingerprint density at radius 2 is 1.86 bits per heavy atom. The molecule has 0 atom stereocenters. The largest absolute Gasteiger partial charge is 0.396 e. The fraction of sp³-hybridized carbons (Fsp3) is 1.00. The van der Waals surface area contributed by atoms with Gasteiger partial charge in [-0.1, -0.05) is 0 Å². The summed E-state index contributed by atoms with van der Waals surface area (Å²) >= 11 is 5.27. The third-order valence-electron chi connectivity index (χ3n) is 0.542. The maximum atomic E-state index is 8.14. The molecule has 0 aromatic heterocycles. The van der Waals surface area contributed by atoms with Crippen LogP contribution in [0.3, 0.4) is 0 Å². The molecule has 42 valence electrons. The van der Waals surface area contributed by atoms with Gasteiger partial charge >= 0.3 is 23.1 Å². The summed E-state index contributed by atoms with van der Waals surface area (Å²) < 4.78 is 0. The van der Waals surface area contributed by atoms with E-state index in [2.05, 4.69) is 0 Å². The van der Waals surface area contributed by atoms with Crippen molar-refractivity contribution in [2.75, 3.05) is 12.5 Å². The van der Waals surface area contributed by atoms with E-state index < -0.39 is 0 Å². The van der Waals surface area contributed by atoms with Gasteiger partial charge in [0.1, 0.15) is 0 Å². The first-order valence-electron chi connectivity index (χ1n) is 2.08. The molecule has 1 nitrogen and oxygen atoms in total. The van der Waals surface area contributed by atoms with Crippen LogP contribution in [0.15, 0.2) is 0 Å². The van der Waals surface area contributed by atoms with Crippen molar-refractivity contribution in [2.45, 2.75) is 12.8 Å². The summed E-state index contributed by atoms with van der Waals surface area (Å²) in [6, 6.07) is 0. The van der Waals surface area contributed by atoms with E-state index in [0.717, 1.165) is 12.8 Å². The predicted octanol–water partition coefficient (Wildman–Crippen LogP) is 0.0815. The molecule has 0 spiro atoms. The first-order valence-corrected chi connectivity index (χ1v) is 2.62. The van der Waals surface area contributed by atoms with Crippen molar-refractivity contribution in [3.63, 3.8) is 0 Å². The molecule has 1 N–H and O–H groups in total. The van der Waals surface area contributed by atoms with Gasteiger partial charge in [-0.25, -0.2) is 0 Å². The molecule has 0 aromatic carbocycles. The number of hydrogen-bond donors (Lipinski definition) is 1. The third-order valence-corrected chi connectivity index (χ3v) is 0.809. The number of halogens is 1. The van der Waals surface area contributed by atoms with Gasteiger partial charge in [-0.2, -0.15) is 0 Å². The Kier molecular flexibility index (Phi) is 15.7. The van der Waals surface area contributed by atoms with Crippen molar-refractivity contribution in [3.05, 3.63) is 0 Å². The highest BCUT2D eigenvalue weighted by atomic mass is 35.5. The van der Waals surface area contributed by atoms with Crippen LogP contribution in [-0.2, 0) is 0 Å². The van der Waals surface area contributed by atoms with E-state index in [-0.39, 0.29) is 29.7 Å². The van der Waals surface area contributed by atoms with Crippen LogP contribution in [0.2, 0.25) is 0 Å². The van der Waals surface area contributed by atoms with Gasteiger partial charge in [-0.05, 0) is 12.8 Å². The van der Waals surface area contributed by atoms with Crippen LogP contribution >= 0.6 is 11.6 Å². The van der Waals surface area contributed by atoms with Crippen molar-refractivity contribution in [1.29, 1.82) is 0 Å². The second-order valence-corrected chi connectivity index (χ2v) is 1.50. The monoisotopic (exact) mass is 134 g/mol. The lowest BCUT2D eigenvalue weighted by Crippen LogP contribution is -1.81. The fourth-order valence-electron chi connectivity index (χ4n) is 0.206. The molecule has 0 amide bonds. The van der Waals surface area contributed by atoms with Crippen LogP contribution in [0.5, 0.6) is 0 Å². The van der Waals surface area contributed by atoms with Gasteiger partial charge in [0.25, 0.3) is 0 Å². The number of rotatable bonds is 3. The minimum Gasteiger partial charge on any atom is -0.396 e. The SMILES string of the molecule is OCCCCCl.[MgH2]. The standard InChI is InChI=1S/C4H9ClO.Mg.2H/c5-3-1-2-4-6;;;/h6H,1-4H2;;;. The van der Waals surface area contributed by atoms with Crippen LogP contribution in [0.25, 0.3) is 0 Å². The van der Waals surface area contributed by atoms with Crippen LogP contribution < -0.4 is 0 Å². The van der Waals surface area contributed by atoms with Crippen LogP contribution in [0.4, 0.5) is 0 Å². The van der Waals surface area contributed by atoms with Crippen molar-refractivity contribution >= 4 is 34.7 Å². The van der Waals surface area contributed by atoms with Crippen molar-refractivity contribution in [3.8, 4) is 0 Å². The first kappa shape index (κ1) is 10.9. The lowest BCUT2D eigenvalue weighted by atomic mass is 10.4. The maximum absolute atomic E-state index is 8.14. The van der Waals surface area contributed by atoms with Gasteiger partial charge in [-0.3, -0.25) is 0 Å². The fourth-order valence-corrected chi connectivity index (χ4v) is 0.395. The van der Waals surface area contributed by atoms with E-state index in [1.165, 1.54) is 0 Å². The van der Waals surface area contributed by atoms with Crippen molar-refractivity contribution in [2.24, 2.45) is 0 Å². The highest BCUT2D eigenvalue weighted by molar-refractivity contribution is 6.17. The van der Waals surface area contributed by atoms with Gasteiger partial charge < -0.3 is 5.11 Å². The number of aliphatic hydroxyl groups excluding tert-OH is 1. The van der Waals surface area contributed by atoms with E-state index in [9.17, 15) is 0 Å². The summed E-state index contributed by atoms with van der Waals surface area (Å²) in [6.07, 6.45) is 1.77. The van der Waals surface area contributed by atoms with Crippen LogP contribution in [0.1, 0.15) is 12.8 Å². The molecule has 0 bridgehead atoms. The normalized spacial score (nSPS) is 7.71. The molecule has 0 saturated heterocycles. The van der Waals surface area contributed by atoms with E-state index in [1.54, 1.807) is 0 Å². The van der Waals surface area contributed by atoms with Crippen LogP contribution in [-0.4, -0.2) is 40.6 Å². The Morgan fingerprint density at radius 3 is 2.00 bits per heavy atom.